The van der Waals surface area contributed by atoms with E-state index in [0.717, 1.165) is 24.0 Å². The van der Waals surface area contributed by atoms with E-state index in [0.29, 0.717) is 18.7 Å². The van der Waals surface area contributed by atoms with E-state index >= 15 is 0 Å². The van der Waals surface area contributed by atoms with Gasteiger partial charge in [0.05, 0.1) is 6.61 Å². The van der Waals surface area contributed by atoms with Gasteiger partial charge < -0.3 is 4.74 Å². The number of unbranched alkanes of at least 4 members (excludes halogenated alkanes) is 3. The lowest BCUT2D eigenvalue weighted by atomic mass is 10.0. The number of aliphatic imine (C=N–C) groups is 1. The first-order chi connectivity index (χ1) is 9.83. The Labute approximate surface area is 120 Å². The molecule has 3 heteroatoms. The zero-order valence-corrected chi connectivity index (χ0v) is 12.0. The number of hydrogen-bond donors (Lipinski definition) is 0. The standard InChI is InChI=1S/C17H21NO2/c1-2-3-4-8-13-20-17(19)16-15(11-12-18-16)14-9-6-5-7-10-14/h5-7,9-10,12H,2-4,8,11,13H2,1H3. The number of hydrogen-bond acceptors (Lipinski definition) is 3. The van der Waals surface area contributed by atoms with E-state index in [1.807, 2.05) is 30.3 Å². The number of ether oxygens (including phenoxy) is 1. The van der Waals surface area contributed by atoms with E-state index < -0.39 is 0 Å². The Morgan fingerprint density at radius 3 is 2.75 bits per heavy atom. The normalized spacial score (nSPS) is 13.8. The van der Waals surface area contributed by atoms with Crippen molar-refractivity contribution in [1.82, 2.24) is 0 Å². The molecular formula is C17H21NO2. The largest absolute Gasteiger partial charge is 0.461 e. The molecule has 1 aromatic rings. The van der Waals surface area contributed by atoms with Crippen molar-refractivity contribution < 1.29 is 9.53 Å². The van der Waals surface area contributed by atoms with Crippen LogP contribution in [0.15, 0.2) is 41.0 Å². The van der Waals surface area contributed by atoms with Gasteiger partial charge in [-0.25, -0.2) is 4.79 Å². The number of benzene rings is 1. The van der Waals surface area contributed by atoms with Gasteiger partial charge in [-0.3, -0.25) is 4.99 Å². The Kier molecular flexibility index (Phi) is 5.54. The number of carbonyl (C=O) groups excluding carboxylic acids is 1. The van der Waals surface area contributed by atoms with Crippen LogP contribution in [0.5, 0.6) is 0 Å². The third-order valence-electron chi connectivity index (χ3n) is 3.35. The van der Waals surface area contributed by atoms with Gasteiger partial charge in [0, 0.05) is 12.6 Å². The smallest absolute Gasteiger partial charge is 0.357 e. The number of carbonyl (C=O) groups is 1. The highest BCUT2D eigenvalue weighted by molar-refractivity contribution is 6.04. The van der Waals surface area contributed by atoms with E-state index in [-0.39, 0.29) is 5.97 Å². The second kappa shape index (κ2) is 7.63. The lowest BCUT2D eigenvalue weighted by molar-refractivity contribution is -0.139. The molecular weight excluding hydrogens is 250 g/mol. The highest BCUT2D eigenvalue weighted by Crippen LogP contribution is 2.27. The fraction of sp³-hybridized carbons (Fsp3) is 0.412. The SMILES string of the molecule is CCCCCCOC(=O)C1=C(c2ccccc2)CC=N1. The average Bonchev–Trinajstić information content (AvgIpc) is 2.97. The maximum Gasteiger partial charge on any atom is 0.357 e. The molecule has 0 radical (unpaired) electrons. The van der Waals surface area contributed by atoms with Crippen molar-refractivity contribution in [3.05, 3.63) is 41.6 Å². The van der Waals surface area contributed by atoms with E-state index in [2.05, 4.69) is 11.9 Å². The summed E-state index contributed by atoms with van der Waals surface area (Å²) in [7, 11) is 0. The molecule has 0 amide bonds. The lowest BCUT2D eigenvalue weighted by Crippen LogP contribution is -2.08. The number of esters is 1. The van der Waals surface area contributed by atoms with Crippen LogP contribution in [0.25, 0.3) is 5.57 Å². The van der Waals surface area contributed by atoms with Gasteiger partial charge in [0.15, 0.2) is 5.70 Å². The summed E-state index contributed by atoms with van der Waals surface area (Å²) in [6.45, 7) is 2.65. The van der Waals surface area contributed by atoms with E-state index in [9.17, 15) is 4.79 Å². The minimum absolute atomic E-state index is 0.297. The van der Waals surface area contributed by atoms with Crippen molar-refractivity contribution in [3.63, 3.8) is 0 Å². The van der Waals surface area contributed by atoms with Gasteiger partial charge >= 0.3 is 5.97 Å². The first-order valence-corrected chi connectivity index (χ1v) is 7.31. The molecule has 1 aromatic carbocycles. The first-order valence-electron chi connectivity index (χ1n) is 7.31. The van der Waals surface area contributed by atoms with Crippen LogP contribution in [0.3, 0.4) is 0 Å². The molecule has 0 saturated heterocycles. The Morgan fingerprint density at radius 1 is 1.20 bits per heavy atom. The molecule has 3 nitrogen and oxygen atoms in total. The Bertz CT molecular complexity index is 503. The van der Waals surface area contributed by atoms with Crippen LogP contribution in [-0.2, 0) is 9.53 Å². The van der Waals surface area contributed by atoms with Crippen molar-refractivity contribution in [2.24, 2.45) is 4.99 Å². The summed E-state index contributed by atoms with van der Waals surface area (Å²) >= 11 is 0. The Hall–Kier alpha value is -1.90. The molecule has 0 spiro atoms. The van der Waals surface area contributed by atoms with E-state index in [4.69, 9.17) is 4.74 Å². The zero-order valence-electron chi connectivity index (χ0n) is 12.0. The maximum atomic E-state index is 12.1. The fourth-order valence-corrected chi connectivity index (χ4v) is 2.23. The van der Waals surface area contributed by atoms with Crippen LogP contribution in [0.4, 0.5) is 0 Å². The number of allylic oxidation sites excluding steroid dienone is 1. The summed E-state index contributed by atoms with van der Waals surface area (Å²) in [4.78, 5) is 16.3. The predicted molar refractivity (Wildman–Crippen MR) is 81.6 cm³/mol. The highest BCUT2D eigenvalue weighted by Gasteiger charge is 2.20. The lowest BCUT2D eigenvalue weighted by Gasteiger charge is -2.07. The highest BCUT2D eigenvalue weighted by atomic mass is 16.5. The molecule has 0 bridgehead atoms. The van der Waals surface area contributed by atoms with E-state index in [1.54, 1.807) is 6.21 Å². The molecule has 1 heterocycles. The van der Waals surface area contributed by atoms with Crippen molar-refractivity contribution in [3.8, 4) is 0 Å². The van der Waals surface area contributed by atoms with Gasteiger partial charge in [-0.1, -0.05) is 56.5 Å². The molecule has 1 aliphatic rings. The molecule has 0 saturated carbocycles. The summed E-state index contributed by atoms with van der Waals surface area (Å²) < 4.78 is 5.31. The minimum atomic E-state index is -0.297. The van der Waals surface area contributed by atoms with Crippen LogP contribution >= 0.6 is 0 Å². The second-order valence-electron chi connectivity index (χ2n) is 4.91. The van der Waals surface area contributed by atoms with Crippen molar-refractivity contribution in [2.75, 3.05) is 6.61 Å². The number of nitrogens with zero attached hydrogens (tertiary/aromatic N) is 1. The topological polar surface area (TPSA) is 38.7 Å². The molecule has 0 aromatic heterocycles. The van der Waals surface area contributed by atoms with Crippen LogP contribution < -0.4 is 0 Å². The Balaban J connectivity index is 1.95. The summed E-state index contributed by atoms with van der Waals surface area (Å²) in [5.74, 6) is -0.297. The van der Waals surface area contributed by atoms with Gasteiger partial charge in [-0.05, 0) is 17.6 Å². The summed E-state index contributed by atoms with van der Waals surface area (Å²) in [5.41, 5.74) is 2.47. The van der Waals surface area contributed by atoms with Crippen molar-refractivity contribution in [1.29, 1.82) is 0 Å². The molecule has 0 unspecified atom stereocenters. The van der Waals surface area contributed by atoms with Crippen molar-refractivity contribution >= 4 is 17.8 Å². The van der Waals surface area contributed by atoms with E-state index in [1.165, 1.54) is 12.8 Å². The molecule has 0 N–H and O–H groups in total. The van der Waals surface area contributed by atoms with Crippen LogP contribution in [0.1, 0.15) is 44.6 Å². The third kappa shape index (κ3) is 3.80. The molecule has 0 fully saturated rings. The zero-order chi connectivity index (χ0) is 14.2. The van der Waals surface area contributed by atoms with Gasteiger partial charge in [-0.15, -0.1) is 0 Å². The quantitative estimate of drug-likeness (QED) is 0.555. The molecule has 20 heavy (non-hydrogen) atoms. The molecule has 2 rings (SSSR count). The molecule has 0 aliphatic carbocycles. The molecule has 0 atom stereocenters. The van der Waals surface area contributed by atoms with Gasteiger partial charge in [0.2, 0.25) is 0 Å². The van der Waals surface area contributed by atoms with Crippen LogP contribution in [0, 0.1) is 0 Å². The van der Waals surface area contributed by atoms with Crippen molar-refractivity contribution in [2.45, 2.75) is 39.0 Å². The fourth-order valence-electron chi connectivity index (χ4n) is 2.23. The monoisotopic (exact) mass is 271 g/mol. The third-order valence-corrected chi connectivity index (χ3v) is 3.35. The summed E-state index contributed by atoms with van der Waals surface area (Å²) in [6.07, 6.45) is 6.88. The second-order valence-corrected chi connectivity index (χ2v) is 4.91. The molecule has 1 aliphatic heterocycles. The van der Waals surface area contributed by atoms with Crippen LogP contribution in [0.2, 0.25) is 0 Å². The number of rotatable bonds is 7. The molecule has 106 valence electrons. The predicted octanol–water partition coefficient (Wildman–Crippen LogP) is 4.00. The summed E-state index contributed by atoms with van der Waals surface area (Å²) in [5, 5.41) is 0. The summed E-state index contributed by atoms with van der Waals surface area (Å²) in [6, 6.07) is 9.89. The van der Waals surface area contributed by atoms with Crippen LogP contribution in [-0.4, -0.2) is 18.8 Å². The van der Waals surface area contributed by atoms with Gasteiger partial charge in [0.1, 0.15) is 0 Å². The average molecular weight is 271 g/mol. The van der Waals surface area contributed by atoms with Gasteiger partial charge in [0.25, 0.3) is 0 Å². The van der Waals surface area contributed by atoms with Gasteiger partial charge in [-0.2, -0.15) is 0 Å². The minimum Gasteiger partial charge on any atom is -0.461 e. The Morgan fingerprint density at radius 2 is 2.00 bits per heavy atom. The first kappa shape index (κ1) is 14.5. The maximum absolute atomic E-state index is 12.1.